The second-order valence-corrected chi connectivity index (χ2v) is 17.1. The fourth-order valence-corrected chi connectivity index (χ4v) is 9.13. The van der Waals surface area contributed by atoms with E-state index >= 15 is 0 Å². The predicted octanol–water partition coefficient (Wildman–Crippen LogP) is 18.8. The molecule has 14 rings (SSSR count). The van der Waals surface area contributed by atoms with Gasteiger partial charge in [-0.3, -0.25) is 0 Å². The van der Waals surface area contributed by atoms with Crippen molar-refractivity contribution in [3.63, 3.8) is 0 Å². The lowest BCUT2D eigenvalue weighted by atomic mass is 10.1. The van der Waals surface area contributed by atoms with Gasteiger partial charge in [-0.25, -0.2) is 0 Å². The van der Waals surface area contributed by atoms with Gasteiger partial charge in [0.2, 0.25) is 0 Å². The molecular formula is C64H45N3O3. The van der Waals surface area contributed by atoms with Gasteiger partial charge in [-0.15, -0.1) is 0 Å². The first-order chi connectivity index (χ1) is 34.6. The molecule has 3 heterocycles. The number of para-hydroxylation sites is 4. The van der Waals surface area contributed by atoms with Crippen LogP contribution >= 0.6 is 0 Å². The summed E-state index contributed by atoms with van der Waals surface area (Å²) in [6.07, 6.45) is 0. The lowest BCUT2D eigenvalue weighted by Gasteiger charge is -2.09. The molecule has 0 amide bonds. The van der Waals surface area contributed by atoms with Crippen LogP contribution in [0.25, 0.3) is 87.7 Å². The maximum absolute atomic E-state index is 5.98. The van der Waals surface area contributed by atoms with Gasteiger partial charge in [0.05, 0.1) is 0 Å². The Morgan fingerprint density at radius 3 is 1.09 bits per heavy atom. The molecule has 0 aliphatic heterocycles. The van der Waals surface area contributed by atoms with E-state index in [0.29, 0.717) is 0 Å². The van der Waals surface area contributed by atoms with Crippen molar-refractivity contribution in [2.24, 2.45) is 0 Å². The summed E-state index contributed by atoms with van der Waals surface area (Å²) >= 11 is 0. The number of nitrogens with one attached hydrogen (secondary N) is 3. The molecule has 70 heavy (non-hydrogen) atoms. The Labute approximate surface area is 404 Å². The summed E-state index contributed by atoms with van der Waals surface area (Å²) in [6.45, 7) is 0. The molecule has 6 nitrogen and oxygen atoms in total. The third kappa shape index (κ3) is 8.65. The van der Waals surface area contributed by atoms with Crippen molar-refractivity contribution in [1.29, 1.82) is 0 Å². The summed E-state index contributed by atoms with van der Waals surface area (Å²) in [6, 6.07) is 86.9. The highest BCUT2D eigenvalue weighted by atomic mass is 16.3. The number of rotatable bonds is 7. The van der Waals surface area contributed by atoms with Crippen LogP contribution in [-0.2, 0) is 0 Å². The zero-order valence-electron chi connectivity index (χ0n) is 38.0. The number of furan rings is 3. The van der Waals surface area contributed by atoms with E-state index in [-0.39, 0.29) is 0 Å². The summed E-state index contributed by atoms with van der Waals surface area (Å²) in [5, 5.41) is 19.7. The quantitative estimate of drug-likeness (QED) is 0.148. The molecule has 0 saturated heterocycles. The van der Waals surface area contributed by atoms with Gasteiger partial charge in [-0.2, -0.15) is 0 Å². The van der Waals surface area contributed by atoms with E-state index in [4.69, 9.17) is 13.3 Å². The summed E-state index contributed by atoms with van der Waals surface area (Å²) < 4.78 is 17.8. The van der Waals surface area contributed by atoms with Gasteiger partial charge < -0.3 is 29.2 Å². The number of anilines is 6. The minimum atomic E-state index is 0.900. The van der Waals surface area contributed by atoms with E-state index in [2.05, 4.69) is 174 Å². The van der Waals surface area contributed by atoms with Crippen molar-refractivity contribution in [1.82, 2.24) is 0 Å². The van der Waals surface area contributed by atoms with E-state index in [1.165, 1.54) is 21.9 Å². The van der Waals surface area contributed by atoms with Gasteiger partial charge in [0.25, 0.3) is 0 Å². The zero-order valence-corrected chi connectivity index (χ0v) is 38.0. The standard InChI is InChI=1S/C24H17NO.C22H15NO.C18H13NO/c1-2-6-17(7-3-1)18-10-12-19(13-11-18)25-20-14-15-22-21-8-4-5-9-23(21)26-24(22)16-20;1-2-8-17-15(6-1)7-5-10-20(17)23-16-12-13-19-18-9-3-4-11-21(18)24-22(19)14-16;1-2-6-13(7-3-1)19-14-10-11-16-15-8-4-5-9-17(15)20-18(16)12-14/h1-16,25H;1-14,23H;1-12,19H. The third-order valence-electron chi connectivity index (χ3n) is 12.5. The average Bonchev–Trinajstić information content (AvgIpc) is 4.10. The largest absolute Gasteiger partial charge is 0.456 e. The molecule has 3 aromatic heterocycles. The van der Waals surface area contributed by atoms with E-state index in [0.717, 1.165) is 99.9 Å². The predicted molar refractivity (Wildman–Crippen MR) is 293 cm³/mol. The monoisotopic (exact) mass is 903 g/mol. The van der Waals surface area contributed by atoms with Crippen molar-refractivity contribution in [2.75, 3.05) is 16.0 Å². The normalized spacial score (nSPS) is 11.1. The fourth-order valence-electron chi connectivity index (χ4n) is 9.13. The van der Waals surface area contributed by atoms with Gasteiger partial charge in [0, 0.05) is 90.0 Å². The van der Waals surface area contributed by atoms with Crippen LogP contribution in [0.4, 0.5) is 34.1 Å². The smallest absolute Gasteiger partial charge is 0.137 e. The Balaban J connectivity index is 0.000000109. The fraction of sp³-hybridized carbons (Fsp3) is 0. The highest BCUT2D eigenvalue weighted by Crippen LogP contribution is 2.35. The maximum atomic E-state index is 5.98. The van der Waals surface area contributed by atoms with Crippen LogP contribution < -0.4 is 16.0 Å². The summed E-state index contributed by atoms with van der Waals surface area (Å²) in [5.74, 6) is 0. The van der Waals surface area contributed by atoms with Gasteiger partial charge in [-0.05, 0) is 101 Å². The van der Waals surface area contributed by atoms with Crippen LogP contribution in [0.15, 0.2) is 268 Å². The minimum absolute atomic E-state index is 0.900. The van der Waals surface area contributed by atoms with Gasteiger partial charge in [0.15, 0.2) is 0 Å². The van der Waals surface area contributed by atoms with Crippen molar-refractivity contribution in [3.05, 3.63) is 255 Å². The lowest BCUT2D eigenvalue weighted by molar-refractivity contribution is 0.668. The average molecular weight is 904 g/mol. The van der Waals surface area contributed by atoms with Crippen molar-refractivity contribution in [3.8, 4) is 11.1 Å². The highest BCUT2D eigenvalue weighted by Gasteiger charge is 2.10. The summed E-state index contributed by atoms with van der Waals surface area (Å²) in [7, 11) is 0. The van der Waals surface area contributed by atoms with E-state index in [9.17, 15) is 0 Å². The van der Waals surface area contributed by atoms with Gasteiger partial charge in [0.1, 0.15) is 33.5 Å². The van der Waals surface area contributed by atoms with Crippen molar-refractivity contribution < 1.29 is 13.3 Å². The Hall–Kier alpha value is -9.52. The Morgan fingerprint density at radius 1 is 0.214 bits per heavy atom. The van der Waals surface area contributed by atoms with Crippen LogP contribution in [-0.4, -0.2) is 0 Å². The summed E-state index contributed by atoms with van der Waals surface area (Å²) in [4.78, 5) is 0. The molecule has 6 heteroatoms. The molecule has 0 unspecified atom stereocenters. The van der Waals surface area contributed by atoms with Crippen molar-refractivity contribution >= 4 is 111 Å². The number of hydrogen-bond acceptors (Lipinski definition) is 6. The molecule has 0 radical (unpaired) electrons. The molecule has 0 aliphatic rings. The number of fused-ring (bicyclic) bond motifs is 10. The van der Waals surface area contributed by atoms with Crippen LogP contribution in [0.5, 0.6) is 0 Å². The van der Waals surface area contributed by atoms with Crippen LogP contribution in [0, 0.1) is 0 Å². The van der Waals surface area contributed by atoms with Gasteiger partial charge >= 0.3 is 0 Å². The van der Waals surface area contributed by atoms with E-state index in [1.54, 1.807) is 0 Å². The van der Waals surface area contributed by atoms with Crippen molar-refractivity contribution in [2.45, 2.75) is 0 Å². The minimum Gasteiger partial charge on any atom is -0.456 e. The second kappa shape index (κ2) is 18.6. The Morgan fingerprint density at radius 2 is 0.571 bits per heavy atom. The molecule has 0 spiro atoms. The molecule has 0 saturated carbocycles. The number of hydrogen-bond donors (Lipinski definition) is 3. The Bertz CT molecular complexity index is 4090. The van der Waals surface area contributed by atoms with Crippen LogP contribution in [0.3, 0.4) is 0 Å². The SMILES string of the molecule is c1ccc(-c2ccc(Nc3ccc4c(c3)oc3ccccc34)cc2)cc1.c1ccc(Nc2ccc3c(c2)oc2ccccc23)cc1.c1ccc2c(Nc3ccc4c(c3)oc3ccccc34)cccc2c1. The molecule has 334 valence electrons. The first-order valence-corrected chi connectivity index (χ1v) is 23.4. The molecule has 0 atom stereocenters. The molecule has 0 bridgehead atoms. The zero-order chi connectivity index (χ0) is 46.6. The molecular weight excluding hydrogens is 859 g/mol. The molecule has 3 N–H and O–H groups in total. The molecule has 14 aromatic rings. The molecule has 0 aliphatic carbocycles. The number of benzene rings is 11. The second-order valence-electron chi connectivity index (χ2n) is 17.1. The summed E-state index contributed by atoms with van der Waals surface area (Å²) in [5.41, 5.74) is 14.2. The van der Waals surface area contributed by atoms with E-state index < -0.39 is 0 Å². The third-order valence-corrected chi connectivity index (χ3v) is 12.5. The maximum Gasteiger partial charge on any atom is 0.137 e. The first kappa shape index (κ1) is 41.9. The van der Waals surface area contributed by atoms with Crippen LogP contribution in [0.1, 0.15) is 0 Å². The van der Waals surface area contributed by atoms with E-state index in [1.807, 2.05) is 97.1 Å². The highest BCUT2D eigenvalue weighted by molar-refractivity contribution is 6.08. The first-order valence-electron chi connectivity index (χ1n) is 23.4. The molecule has 11 aromatic carbocycles. The Kier molecular flexibility index (Phi) is 11.1. The van der Waals surface area contributed by atoms with Gasteiger partial charge in [-0.1, -0.05) is 152 Å². The van der Waals surface area contributed by atoms with Crippen LogP contribution in [0.2, 0.25) is 0 Å². The topological polar surface area (TPSA) is 75.5 Å². The lowest BCUT2D eigenvalue weighted by Crippen LogP contribution is -1.91. The molecule has 0 fully saturated rings.